The molecule has 0 fully saturated rings. The first-order valence-corrected chi connectivity index (χ1v) is 9.46. The molecule has 3 rings (SSSR count). The van der Waals surface area contributed by atoms with E-state index in [1.54, 1.807) is 6.07 Å². The molecule has 0 amide bonds. The van der Waals surface area contributed by atoms with Gasteiger partial charge in [-0.25, -0.2) is 13.8 Å². The van der Waals surface area contributed by atoms with E-state index in [1.807, 2.05) is 44.2 Å². The third-order valence-electron chi connectivity index (χ3n) is 4.57. The van der Waals surface area contributed by atoms with Gasteiger partial charge in [0.2, 0.25) is 5.95 Å². The maximum Gasteiger partial charge on any atom is 0.225 e. The van der Waals surface area contributed by atoms with Gasteiger partial charge in [-0.15, -0.1) is 0 Å². The van der Waals surface area contributed by atoms with Gasteiger partial charge < -0.3 is 15.7 Å². The van der Waals surface area contributed by atoms with E-state index in [9.17, 15) is 13.9 Å². The molecule has 1 atom stereocenters. The Balaban J connectivity index is 1.88. The Morgan fingerprint density at radius 2 is 1.72 bits per heavy atom. The molecule has 152 valence electrons. The van der Waals surface area contributed by atoms with Gasteiger partial charge in [0, 0.05) is 18.2 Å². The number of nitrogens with zero attached hydrogens (tertiary/aromatic N) is 2. The fourth-order valence-electron chi connectivity index (χ4n) is 2.79. The van der Waals surface area contributed by atoms with Crippen LogP contribution >= 0.6 is 0 Å². The van der Waals surface area contributed by atoms with Crippen molar-refractivity contribution >= 4 is 11.8 Å². The molecule has 2 aromatic carbocycles. The lowest BCUT2D eigenvalue weighted by molar-refractivity contribution is 0.248. The van der Waals surface area contributed by atoms with Crippen molar-refractivity contribution in [2.75, 3.05) is 17.2 Å². The van der Waals surface area contributed by atoms with Crippen molar-refractivity contribution in [3.63, 3.8) is 0 Å². The van der Waals surface area contributed by atoms with E-state index >= 15 is 0 Å². The highest BCUT2D eigenvalue weighted by molar-refractivity contribution is 5.64. The van der Waals surface area contributed by atoms with Gasteiger partial charge in [0.25, 0.3) is 0 Å². The summed E-state index contributed by atoms with van der Waals surface area (Å²) in [5.41, 5.74) is 2.21. The predicted molar refractivity (Wildman–Crippen MR) is 110 cm³/mol. The van der Waals surface area contributed by atoms with Crippen molar-refractivity contribution in [1.82, 2.24) is 9.97 Å². The molecule has 5 nitrogen and oxygen atoms in total. The van der Waals surface area contributed by atoms with Gasteiger partial charge in [0.15, 0.2) is 11.6 Å². The number of aliphatic hydroxyl groups is 1. The minimum Gasteiger partial charge on any atom is -0.394 e. The highest BCUT2D eigenvalue weighted by Crippen LogP contribution is 2.23. The van der Waals surface area contributed by atoms with Crippen molar-refractivity contribution in [2.45, 2.75) is 26.4 Å². The van der Waals surface area contributed by atoms with Crippen molar-refractivity contribution in [3.8, 4) is 11.3 Å². The molecule has 0 spiro atoms. The van der Waals surface area contributed by atoms with E-state index < -0.39 is 11.6 Å². The Labute approximate surface area is 168 Å². The average Bonchev–Trinajstić information content (AvgIpc) is 2.73. The van der Waals surface area contributed by atoms with Crippen molar-refractivity contribution in [2.24, 2.45) is 5.92 Å². The number of nitrogens with one attached hydrogen (secondary N) is 2. The number of anilines is 2. The van der Waals surface area contributed by atoms with E-state index in [4.69, 9.17) is 0 Å². The van der Waals surface area contributed by atoms with Crippen LogP contribution in [0.25, 0.3) is 11.3 Å². The van der Waals surface area contributed by atoms with E-state index in [0.717, 1.165) is 17.7 Å². The summed E-state index contributed by atoms with van der Waals surface area (Å²) in [6, 6.07) is 15.0. The summed E-state index contributed by atoms with van der Waals surface area (Å²) in [7, 11) is 0. The van der Waals surface area contributed by atoms with Crippen LogP contribution in [0.4, 0.5) is 20.5 Å². The van der Waals surface area contributed by atoms with Crippen LogP contribution in [0, 0.1) is 17.6 Å². The SMILES string of the molecule is CC(C)[C@H](CO)Nc1nc(NCc2ccc(F)c(F)c2)cc(-c2ccccc2)n1. The summed E-state index contributed by atoms with van der Waals surface area (Å²) in [5.74, 6) is -0.666. The van der Waals surface area contributed by atoms with Crippen LogP contribution in [-0.4, -0.2) is 27.7 Å². The fourth-order valence-corrected chi connectivity index (χ4v) is 2.79. The number of benzene rings is 2. The van der Waals surface area contributed by atoms with Crippen LogP contribution in [0.5, 0.6) is 0 Å². The molecule has 1 aromatic heterocycles. The van der Waals surface area contributed by atoms with E-state index in [0.29, 0.717) is 23.0 Å². The van der Waals surface area contributed by atoms with Gasteiger partial charge in [0.1, 0.15) is 5.82 Å². The number of aliphatic hydroxyl groups excluding tert-OH is 1. The second-order valence-electron chi connectivity index (χ2n) is 7.11. The Bertz CT molecular complexity index is 951. The molecule has 3 aromatic rings. The highest BCUT2D eigenvalue weighted by atomic mass is 19.2. The molecule has 0 saturated heterocycles. The van der Waals surface area contributed by atoms with Gasteiger partial charge in [-0.1, -0.05) is 50.2 Å². The molecule has 0 bridgehead atoms. The second-order valence-corrected chi connectivity index (χ2v) is 7.11. The van der Waals surface area contributed by atoms with Gasteiger partial charge in [-0.2, -0.15) is 4.98 Å². The fraction of sp³-hybridized carbons (Fsp3) is 0.273. The summed E-state index contributed by atoms with van der Waals surface area (Å²) in [6.07, 6.45) is 0. The maximum atomic E-state index is 13.5. The zero-order chi connectivity index (χ0) is 20.8. The Morgan fingerprint density at radius 3 is 2.38 bits per heavy atom. The topological polar surface area (TPSA) is 70.1 Å². The van der Waals surface area contributed by atoms with E-state index in [2.05, 4.69) is 20.6 Å². The average molecular weight is 398 g/mol. The van der Waals surface area contributed by atoms with Crippen LogP contribution in [0.1, 0.15) is 19.4 Å². The predicted octanol–water partition coefficient (Wildman–Crippen LogP) is 4.46. The third-order valence-corrected chi connectivity index (χ3v) is 4.57. The minimum absolute atomic E-state index is 0.0474. The molecule has 0 saturated carbocycles. The van der Waals surface area contributed by atoms with Crippen molar-refractivity contribution < 1.29 is 13.9 Å². The van der Waals surface area contributed by atoms with E-state index in [1.165, 1.54) is 6.07 Å². The maximum absolute atomic E-state index is 13.5. The molecule has 1 heterocycles. The molecule has 29 heavy (non-hydrogen) atoms. The van der Waals surface area contributed by atoms with Crippen LogP contribution < -0.4 is 10.6 Å². The lowest BCUT2D eigenvalue weighted by Gasteiger charge is -2.20. The number of halogens is 2. The number of rotatable bonds is 8. The molecule has 0 radical (unpaired) electrons. The summed E-state index contributed by atoms with van der Waals surface area (Å²) in [5, 5.41) is 15.9. The molecule has 0 aliphatic heterocycles. The van der Waals surface area contributed by atoms with Crippen molar-refractivity contribution in [3.05, 3.63) is 71.8 Å². The van der Waals surface area contributed by atoms with Gasteiger partial charge in [0.05, 0.1) is 18.3 Å². The van der Waals surface area contributed by atoms with Gasteiger partial charge >= 0.3 is 0 Å². The molecule has 0 aliphatic rings. The lowest BCUT2D eigenvalue weighted by atomic mass is 10.1. The molecule has 0 aliphatic carbocycles. The number of hydrogen-bond acceptors (Lipinski definition) is 5. The molecule has 7 heteroatoms. The molecular formula is C22H24F2N4O. The first kappa shape index (κ1) is 20.7. The minimum atomic E-state index is -0.887. The Morgan fingerprint density at radius 1 is 0.966 bits per heavy atom. The zero-order valence-corrected chi connectivity index (χ0v) is 16.4. The molecule has 0 unspecified atom stereocenters. The van der Waals surface area contributed by atoms with Crippen LogP contribution in [-0.2, 0) is 6.54 Å². The molecule has 3 N–H and O–H groups in total. The quantitative estimate of drug-likeness (QED) is 0.523. The Kier molecular flexibility index (Phi) is 6.72. The normalized spacial score (nSPS) is 12.1. The second kappa shape index (κ2) is 9.43. The van der Waals surface area contributed by atoms with Gasteiger partial charge in [-0.05, 0) is 23.6 Å². The van der Waals surface area contributed by atoms with E-state index in [-0.39, 0.29) is 25.1 Å². The van der Waals surface area contributed by atoms with Crippen LogP contribution in [0.3, 0.4) is 0 Å². The third kappa shape index (κ3) is 5.48. The number of aromatic nitrogens is 2. The summed E-state index contributed by atoms with van der Waals surface area (Å²) >= 11 is 0. The lowest BCUT2D eigenvalue weighted by Crippen LogP contribution is -2.30. The molecular weight excluding hydrogens is 374 g/mol. The van der Waals surface area contributed by atoms with Crippen molar-refractivity contribution in [1.29, 1.82) is 0 Å². The highest BCUT2D eigenvalue weighted by Gasteiger charge is 2.15. The standard InChI is InChI=1S/C22H24F2N4O/c1-14(2)20(13-29)27-22-26-19(16-6-4-3-5-7-16)11-21(28-22)25-12-15-8-9-17(23)18(24)10-15/h3-11,14,20,29H,12-13H2,1-2H3,(H2,25,26,27,28)/t20-/m0/s1. The van der Waals surface area contributed by atoms with Crippen LogP contribution in [0.2, 0.25) is 0 Å². The first-order chi connectivity index (χ1) is 14.0. The number of hydrogen-bond donors (Lipinski definition) is 3. The first-order valence-electron chi connectivity index (χ1n) is 9.46. The van der Waals surface area contributed by atoms with Gasteiger partial charge in [-0.3, -0.25) is 0 Å². The zero-order valence-electron chi connectivity index (χ0n) is 16.4. The smallest absolute Gasteiger partial charge is 0.225 e. The summed E-state index contributed by atoms with van der Waals surface area (Å²) in [4.78, 5) is 9.04. The summed E-state index contributed by atoms with van der Waals surface area (Å²) in [6.45, 7) is 4.22. The van der Waals surface area contributed by atoms with Crippen LogP contribution in [0.15, 0.2) is 54.6 Å². The summed E-state index contributed by atoms with van der Waals surface area (Å²) < 4.78 is 26.6. The monoisotopic (exact) mass is 398 g/mol. The largest absolute Gasteiger partial charge is 0.394 e. The Hall–Kier alpha value is -3.06.